The fourth-order valence-electron chi connectivity index (χ4n) is 4.96. The molecule has 3 aromatic rings. The van der Waals surface area contributed by atoms with E-state index in [9.17, 15) is 19.5 Å². The second-order valence-electron chi connectivity index (χ2n) is 8.61. The first-order chi connectivity index (χ1) is 17.0. The Morgan fingerprint density at radius 1 is 0.971 bits per heavy atom. The van der Waals surface area contributed by atoms with Crippen LogP contribution in [0.2, 0.25) is 0 Å². The molecule has 1 atom stereocenters. The highest BCUT2D eigenvalue weighted by atomic mass is 19.1. The number of hydrogen-bond donors (Lipinski definition) is 2. The van der Waals surface area contributed by atoms with Crippen LogP contribution < -0.4 is 5.32 Å². The summed E-state index contributed by atoms with van der Waals surface area (Å²) in [5.41, 5.74) is 3.79. The fraction of sp³-hybridized carbons (Fsp3) is 0.222. The van der Waals surface area contributed by atoms with Crippen molar-refractivity contribution in [1.82, 2.24) is 4.90 Å². The van der Waals surface area contributed by atoms with Crippen LogP contribution in [0.1, 0.15) is 40.2 Å². The molecule has 0 bridgehead atoms. The topological polar surface area (TPSA) is 95.9 Å². The molecule has 5 rings (SSSR count). The minimum absolute atomic E-state index is 0.0637. The summed E-state index contributed by atoms with van der Waals surface area (Å²) in [6, 6.07) is 18.9. The number of likely N-dealkylation sites (tertiary alicyclic amines) is 1. The van der Waals surface area contributed by atoms with Crippen LogP contribution in [0.25, 0.3) is 11.1 Å². The molecule has 2 N–H and O–H groups in total. The monoisotopic (exact) mass is 474 g/mol. The van der Waals surface area contributed by atoms with Gasteiger partial charge in [0.05, 0.1) is 11.3 Å². The van der Waals surface area contributed by atoms with Crippen LogP contribution in [0, 0.1) is 5.82 Å². The Morgan fingerprint density at radius 2 is 1.63 bits per heavy atom. The number of aliphatic carboxylic acids is 1. The maximum Gasteiger partial charge on any atom is 0.411 e. The molecule has 1 aliphatic heterocycles. The number of ether oxygens (including phenoxy) is 1. The minimum Gasteiger partial charge on any atom is -0.480 e. The first-order valence-corrected chi connectivity index (χ1v) is 11.4. The van der Waals surface area contributed by atoms with Crippen LogP contribution >= 0.6 is 0 Å². The van der Waals surface area contributed by atoms with Gasteiger partial charge in [0, 0.05) is 12.5 Å². The minimum atomic E-state index is -1.12. The van der Waals surface area contributed by atoms with Gasteiger partial charge in [-0.05, 0) is 47.2 Å². The van der Waals surface area contributed by atoms with Crippen LogP contribution in [0.15, 0.2) is 66.7 Å². The lowest BCUT2D eigenvalue weighted by Gasteiger charge is -2.22. The highest BCUT2D eigenvalue weighted by Crippen LogP contribution is 2.44. The van der Waals surface area contributed by atoms with E-state index in [2.05, 4.69) is 5.32 Å². The molecule has 35 heavy (non-hydrogen) atoms. The molecule has 2 aliphatic rings. The number of hydrogen-bond acceptors (Lipinski definition) is 4. The predicted molar refractivity (Wildman–Crippen MR) is 127 cm³/mol. The number of anilines is 1. The lowest BCUT2D eigenvalue weighted by atomic mass is 9.98. The van der Waals surface area contributed by atoms with Gasteiger partial charge in [-0.3, -0.25) is 10.1 Å². The number of fused-ring (bicyclic) bond motifs is 3. The van der Waals surface area contributed by atoms with E-state index in [1.54, 1.807) is 0 Å². The first-order valence-electron chi connectivity index (χ1n) is 11.4. The average molecular weight is 474 g/mol. The molecule has 7 nitrogen and oxygen atoms in total. The van der Waals surface area contributed by atoms with Crippen molar-refractivity contribution in [2.24, 2.45) is 0 Å². The molecule has 0 aromatic heterocycles. The second kappa shape index (κ2) is 9.21. The van der Waals surface area contributed by atoms with Crippen molar-refractivity contribution < 1.29 is 28.6 Å². The summed E-state index contributed by atoms with van der Waals surface area (Å²) in [7, 11) is 0. The summed E-state index contributed by atoms with van der Waals surface area (Å²) >= 11 is 0. The van der Waals surface area contributed by atoms with Crippen molar-refractivity contribution in [1.29, 1.82) is 0 Å². The van der Waals surface area contributed by atoms with Crippen molar-refractivity contribution >= 4 is 23.7 Å². The molecule has 0 unspecified atom stereocenters. The fourth-order valence-corrected chi connectivity index (χ4v) is 4.96. The van der Waals surface area contributed by atoms with E-state index in [4.69, 9.17) is 4.74 Å². The van der Waals surface area contributed by atoms with Crippen molar-refractivity contribution in [3.8, 4) is 11.1 Å². The molecule has 3 aromatic carbocycles. The number of carboxylic acids is 1. The number of amides is 2. The normalized spacial score (nSPS) is 16.5. The molecule has 0 radical (unpaired) electrons. The Morgan fingerprint density at radius 3 is 2.29 bits per heavy atom. The van der Waals surface area contributed by atoms with Crippen molar-refractivity contribution in [2.75, 3.05) is 18.5 Å². The third-order valence-corrected chi connectivity index (χ3v) is 6.61. The zero-order valence-electron chi connectivity index (χ0n) is 18.7. The Labute approximate surface area is 201 Å². The summed E-state index contributed by atoms with van der Waals surface area (Å²) in [6.45, 7) is 0.299. The number of carbonyl (C=O) groups excluding carboxylic acids is 2. The van der Waals surface area contributed by atoms with Gasteiger partial charge < -0.3 is 14.7 Å². The van der Waals surface area contributed by atoms with Gasteiger partial charge >= 0.3 is 12.1 Å². The van der Waals surface area contributed by atoms with E-state index in [1.807, 2.05) is 48.5 Å². The third-order valence-electron chi connectivity index (χ3n) is 6.61. The van der Waals surface area contributed by atoms with E-state index in [1.165, 1.54) is 18.2 Å². The largest absolute Gasteiger partial charge is 0.480 e. The first kappa shape index (κ1) is 22.6. The summed E-state index contributed by atoms with van der Waals surface area (Å²) in [5.74, 6) is -2.91. The molecule has 178 valence electrons. The Kier molecular flexibility index (Phi) is 5.94. The molecule has 1 fully saturated rings. The van der Waals surface area contributed by atoms with Gasteiger partial charge in [-0.15, -0.1) is 0 Å². The van der Waals surface area contributed by atoms with Gasteiger partial charge in [0.2, 0.25) is 0 Å². The van der Waals surface area contributed by atoms with Crippen molar-refractivity contribution in [2.45, 2.75) is 24.8 Å². The molecular formula is C27H23FN2O5. The van der Waals surface area contributed by atoms with Gasteiger partial charge in [0.25, 0.3) is 5.91 Å². The molecule has 0 spiro atoms. The zero-order chi connectivity index (χ0) is 24.5. The van der Waals surface area contributed by atoms with E-state index < -0.39 is 29.8 Å². The number of nitrogens with one attached hydrogen (secondary N) is 1. The molecule has 2 amide bonds. The van der Waals surface area contributed by atoms with Crippen LogP contribution in [0.3, 0.4) is 0 Å². The molecule has 1 heterocycles. The maximum atomic E-state index is 15.1. The van der Waals surface area contributed by atoms with Crippen molar-refractivity contribution in [3.63, 3.8) is 0 Å². The molecule has 1 aliphatic carbocycles. The lowest BCUT2D eigenvalue weighted by molar-refractivity contribution is -0.141. The average Bonchev–Trinajstić information content (AvgIpc) is 3.47. The van der Waals surface area contributed by atoms with Crippen LogP contribution in [-0.2, 0) is 9.53 Å². The van der Waals surface area contributed by atoms with Gasteiger partial charge in [-0.25, -0.2) is 14.0 Å². The van der Waals surface area contributed by atoms with Crippen LogP contribution in [0.4, 0.5) is 14.9 Å². The number of rotatable bonds is 5. The van der Waals surface area contributed by atoms with Crippen molar-refractivity contribution in [3.05, 3.63) is 89.2 Å². The van der Waals surface area contributed by atoms with E-state index >= 15 is 4.39 Å². The van der Waals surface area contributed by atoms with E-state index in [0.717, 1.165) is 27.2 Å². The number of nitrogens with zero attached hydrogens (tertiary/aromatic N) is 1. The summed E-state index contributed by atoms with van der Waals surface area (Å²) < 4.78 is 20.6. The van der Waals surface area contributed by atoms with Gasteiger partial charge in [0.1, 0.15) is 12.6 Å². The lowest BCUT2D eigenvalue weighted by Crippen LogP contribution is -2.40. The molecular weight excluding hydrogens is 451 g/mol. The third kappa shape index (κ3) is 4.12. The summed E-state index contributed by atoms with van der Waals surface area (Å²) in [4.78, 5) is 38.0. The summed E-state index contributed by atoms with van der Waals surface area (Å²) in [5, 5.41) is 11.7. The highest BCUT2D eigenvalue weighted by molar-refractivity contribution is 5.99. The Hall–Kier alpha value is -4.20. The molecule has 0 saturated carbocycles. The predicted octanol–water partition coefficient (Wildman–Crippen LogP) is 4.88. The summed E-state index contributed by atoms with van der Waals surface area (Å²) in [6.07, 6.45) is 0.00233. The highest BCUT2D eigenvalue weighted by Gasteiger charge is 2.36. The number of carboxylic acid groups (broad SMARTS) is 1. The van der Waals surface area contributed by atoms with Gasteiger partial charge in [-0.1, -0.05) is 54.6 Å². The van der Waals surface area contributed by atoms with E-state index in [0.29, 0.717) is 12.8 Å². The quantitative estimate of drug-likeness (QED) is 0.550. The van der Waals surface area contributed by atoms with Crippen LogP contribution in [0.5, 0.6) is 0 Å². The van der Waals surface area contributed by atoms with Crippen LogP contribution in [-0.4, -0.2) is 47.2 Å². The van der Waals surface area contributed by atoms with Gasteiger partial charge in [-0.2, -0.15) is 0 Å². The Bertz CT molecular complexity index is 1280. The van der Waals surface area contributed by atoms with E-state index in [-0.39, 0.29) is 30.3 Å². The second-order valence-corrected chi connectivity index (χ2v) is 8.61. The standard InChI is InChI=1S/C27H23FN2O5/c28-24-20(25(31)30-14-6-13-23(30)26(32)33)11-5-12-22(24)29-27(34)35-15-21-18-9-3-1-7-16(18)17-8-2-4-10-19(17)21/h1-5,7-12,21,23H,6,13-15H2,(H,29,34)(H,32,33)/t23-/m1/s1. The smallest absolute Gasteiger partial charge is 0.411 e. The number of carbonyl (C=O) groups is 3. The maximum absolute atomic E-state index is 15.1. The zero-order valence-corrected chi connectivity index (χ0v) is 18.7. The molecule has 1 saturated heterocycles. The van der Waals surface area contributed by atoms with Gasteiger partial charge in [0.15, 0.2) is 5.82 Å². The molecule has 8 heteroatoms. The Balaban J connectivity index is 1.29. The number of halogens is 1. The number of benzene rings is 3. The SMILES string of the molecule is O=C(Nc1cccc(C(=O)N2CCC[C@@H]2C(=O)O)c1F)OCC1c2ccccc2-c2ccccc21.